The number of nitrogens with zero attached hydrogens (tertiary/aromatic N) is 2. The average Bonchev–Trinajstić information content (AvgIpc) is 3.38. The van der Waals surface area contributed by atoms with Gasteiger partial charge in [-0.15, -0.1) is 11.6 Å². The Hall–Kier alpha value is -0.450. The fraction of sp³-hybridized carbons (Fsp3) is 0.983. The third-order valence-corrected chi connectivity index (χ3v) is 16.8. The summed E-state index contributed by atoms with van der Waals surface area (Å²) in [5.41, 5.74) is 0. The number of hydrogen-bond donors (Lipinski definition) is 0. The van der Waals surface area contributed by atoms with Crippen LogP contribution < -0.4 is 0 Å². The van der Waals surface area contributed by atoms with Gasteiger partial charge in [-0.05, 0) is 88.9 Å². The standard InChI is InChI=1S/C7H11N.C7H14O.2C7H14.C6H11Br.C6H11Cl.C6H11F.C6H11NO2.C6H12/c2*1-8-7-5-3-2-4-6-7;2*1-7-5-3-2-4-6-7;3*7-6-4-2-1-3-5-6;8-7(9)6-4-2-1-3-5-6;1-2-4-6-5-3-1/h7H,2-6H2;7H,2-6H2,1H3;2*7H,2-6H2,1H3;3*6H,1-5H2;6H,1-5H2;1-6H2. The van der Waals surface area contributed by atoms with Gasteiger partial charge < -0.3 is 9.58 Å². The Balaban J connectivity index is 0.000000372. The van der Waals surface area contributed by atoms with Crippen molar-refractivity contribution in [2.75, 3.05) is 7.11 Å². The summed E-state index contributed by atoms with van der Waals surface area (Å²) in [4.78, 5) is 14.4. The van der Waals surface area contributed by atoms with E-state index in [0.717, 1.165) is 80.9 Å². The van der Waals surface area contributed by atoms with E-state index >= 15 is 0 Å². The molecule has 0 aromatic rings. The topological polar surface area (TPSA) is 56.7 Å². The van der Waals surface area contributed by atoms with Gasteiger partial charge in [-0.25, -0.2) is 11.0 Å². The lowest BCUT2D eigenvalue weighted by Crippen LogP contribution is -2.21. The highest BCUT2D eigenvalue weighted by Crippen LogP contribution is 2.26. The summed E-state index contributed by atoms with van der Waals surface area (Å²) < 4.78 is 17.4. The third kappa shape index (κ3) is 41.3. The predicted octanol–water partition coefficient (Wildman–Crippen LogP) is 20.9. The molecule has 0 aromatic heterocycles. The number of nitro groups is 1. The number of hydrogen-bond acceptors (Lipinski definition) is 3. The van der Waals surface area contributed by atoms with Crippen LogP contribution in [0.15, 0.2) is 0 Å². The van der Waals surface area contributed by atoms with E-state index in [0.29, 0.717) is 17.5 Å². The fourth-order valence-corrected chi connectivity index (χ4v) is 11.6. The highest BCUT2D eigenvalue weighted by molar-refractivity contribution is 9.09. The molecule has 66 heavy (non-hydrogen) atoms. The molecular formula is C58H109BrClFN2O3. The SMILES string of the molecule is BrC1CCCCC1.C1CCCCC1.CC1CCCCC1.CC1CCCCC1.COC1CCCCC1.ClC1CCCCC1.FC1CCCCC1.O=[N+]([O-])C1CCCCC1.[C-]#[N+]C1CCCCC1. The second-order valence-electron chi connectivity index (χ2n) is 21.8. The van der Waals surface area contributed by atoms with Crippen molar-refractivity contribution >= 4 is 27.5 Å². The smallest absolute Gasteiger partial charge is 0.223 e. The highest BCUT2D eigenvalue weighted by atomic mass is 79.9. The summed E-state index contributed by atoms with van der Waals surface area (Å²) in [6, 6.07) is 0.155. The van der Waals surface area contributed by atoms with E-state index in [1.54, 1.807) is 0 Å². The summed E-state index contributed by atoms with van der Waals surface area (Å²) in [5.74, 6) is 2.07. The molecule has 0 radical (unpaired) electrons. The van der Waals surface area contributed by atoms with Gasteiger partial charge in [0.1, 0.15) is 6.17 Å². The van der Waals surface area contributed by atoms with Crippen molar-refractivity contribution in [3.05, 3.63) is 21.5 Å². The maximum absolute atomic E-state index is 12.2. The van der Waals surface area contributed by atoms with Crippen molar-refractivity contribution in [3.63, 3.8) is 0 Å². The van der Waals surface area contributed by atoms with Gasteiger partial charge in [0.15, 0.2) is 0 Å². The van der Waals surface area contributed by atoms with Gasteiger partial charge in [0.05, 0.1) is 6.10 Å². The van der Waals surface area contributed by atoms with Crippen LogP contribution in [0.2, 0.25) is 0 Å². The zero-order valence-electron chi connectivity index (χ0n) is 43.9. The fourth-order valence-electron chi connectivity index (χ4n) is 10.6. The van der Waals surface area contributed by atoms with Crippen LogP contribution in [0.5, 0.6) is 0 Å². The molecule has 9 fully saturated rings. The normalized spacial score (nSPS) is 24.1. The second-order valence-corrected chi connectivity index (χ2v) is 23.7. The van der Waals surface area contributed by atoms with Crippen LogP contribution >= 0.6 is 27.5 Å². The van der Waals surface area contributed by atoms with Crippen LogP contribution in [0.4, 0.5) is 4.39 Å². The van der Waals surface area contributed by atoms with Crippen molar-refractivity contribution in [1.29, 1.82) is 0 Å². The summed E-state index contributed by atoms with van der Waals surface area (Å²) in [5, 5.41) is 10.7. The average molecular weight is 1020 g/mol. The predicted molar refractivity (Wildman–Crippen MR) is 290 cm³/mol. The Labute approximate surface area is 423 Å². The number of methoxy groups -OCH3 is 1. The summed E-state index contributed by atoms with van der Waals surface area (Å²) in [6.07, 6.45) is 60.7. The zero-order valence-corrected chi connectivity index (χ0v) is 46.2. The lowest BCUT2D eigenvalue weighted by Gasteiger charge is -2.19. The molecule has 8 heteroatoms. The summed E-state index contributed by atoms with van der Waals surface area (Å²) >= 11 is 9.40. The van der Waals surface area contributed by atoms with Crippen LogP contribution in [0.3, 0.4) is 0 Å². The molecule has 0 saturated heterocycles. The molecule has 0 aromatic carbocycles. The largest absolute Gasteiger partial charge is 0.381 e. The number of alkyl halides is 3. The van der Waals surface area contributed by atoms with Crippen LogP contribution in [-0.4, -0.2) is 46.6 Å². The molecule has 9 rings (SSSR count). The number of rotatable bonds is 2. The molecule has 390 valence electrons. The van der Waals surface area contributed by atoms with Crippen LogP contribution in [-0.2, 0) is 4.74 Å². The lowest BCUT2D eigenvalue weighted by atomic mass is 9.91. The van der Waals surface area contributed by atoms with Crippen LogP contribution in [0.25, 0.3) is 4.85 Å². The minimum absolute atomic E-state index is 0.140. The molecule has 0 bridgehead atoms. The van der Waals surface area contributed by atoms with Gasteiger partial charge in [0.25, 0.3) is 0 Å². The molecule has 9 saturated carbocycles. The first-order chi connectivity index (χ1) is 32.1. The zero-order chi connectivity index (χ0) is 48.1. The quantitative estimate of drug-likeness (QED) is 0.120. The monoisotopic (exact) mass is 1010 g/mol. The van der Waals surface area contributed by atoms with E-state index in [4.69, 9.17) is 22.9 Å². The van der Waals surface area contributed by atoms with E-state index in [9.17, 15) is 14.5 Å². The molecule has 0 heterocycles. The van der Waals surface area contributed by atoms with Crippen molar-refractivity contribution in [3.8, 4) is 0 Å². The Morgan fingerprint density at radius 3 is 0.955 bits per heavy atom. The molecular weight excluding hydrogens is 907 g/mol. The van der Waals surface area contributed by atoms with E-state index in [1.165, 1.54) is 231 Å². The van der Waals surface area contributed by atoms with E-state index < -0.39 is 6.17 Å². The maximum Gasteiger partial charge on any atom is 0.223 e. The molecule has 9 aliphatic carbocycles. The first kappa shape index (κ1) is 63.6. The van der Waals surface area contributed by atoms with E-state index in [1.807, 2.05) is 7.11 Å². The van der Waals surface area contributed by atoms with Crippen molar-refractivity contribution in [1.82, 2.24) is 0 Å². The first-order valence-electron chi connectivity index (χ1n) is 29.1. The van der Waals surface area contributed by atoms with Gasteiger partial charge in [0.2, 0.25) is 12.1 Å². The number of halogens is 3. The van der Waals surface area contributed by atoms with Gasteiger partial charge >= 0.3 is 0 Å². The van der Waals surface area contributed by atoms with Crippen molar-refractivity contribution in [2.24, 2.45) is 11.8 Å². The molecule has 0 amide bonds. The lowest BCUT2D eigenvalue weighted by molar-refractivity contribution is -0.526. The van der Waals surface area contributed by atoms with Crippen LogP contribution in [0, 0.1) is 28.5 Å². The molecule has 0 unspecified atom stereocenters. The third-order valence-electron chi connectivity index (χ3n) is 15.4. The maximum atomic E-state index is 12.2. The summed E-state index contributed by atoms with van der Waals surface area (Å²) in [6.45, 7) is 11.4. The summed E-state index contributed by atoms with van der Waals surface area (Å²) in [7, 11) is 1.82. The number of ether oxygens (including phenoxy) is 1. The second kappa shape index (κ2) is 46.9. The Morgan fingerprint density at radius 1 is 0.485 bits per heavy atom. The Kier molecular flexibility index (Phi) is 45.2. The van der Waals surface area contributed by atoms with E-state index in [2.05, 4.69) is 34.6 Å². The van der Waals surface area contributed by atoms with E-state index in [-0.39, 0.29) is 11.0 Å². The van der Waals surface area contributed by atoms with Gasteiger partial charge in [-0.3, -0.25) is 10.1 Å². The highest BCUT2D eigenvalue weighted by Gasteiger charge is 2.22. The molecule has 0 spiro atoms. The van der Waals surface area contributed by atoms with Gasteiger partial charge in [-0.2, -0.15) is 0 Å². The van der Waals surface area contributed by atoms with Gasteiger partial charge in [-0.1, -0.05) is 222 Å². The molecule has 5 nitrogen and oxygen atoms in total. The van der Waals surface area contributed by atoms with Crippen molar-refractivity contribution < 1.29 is 14.1 Å². The molecule has 0 atom stereocenters. The van der Waals surface area contributed by atoms with Crippen LogP contribution in [0.1, 0.15) is 309 Å². The molecule has 0 aliphatic heterocycles. The minimum atomic E-state index is -0.464. The van der Waals surface area contributed by atoms with Crippen molar-refractivity contribution in [2.45, 2.75) is 344 Å². The molecule has 0 N–H and O–H groups in total. The van der Waals surface area contributed by atoms with Gasteiger partial charge in [0, 0.05) is 47.9 Å². The first-order valence-corrected chi connectivity index (χ1v) is 30.4. The Bertz CT molecular complexity index is 941. The Morgan fingerprint density at radius 2 is 0.773 bits per heavy atom. The molecule has 9 aliphatic rings. The minimum Gasteiger partial charge on any atom is -0.381 e.